The van der Waals surface area contributed by atoms with E-state index >= 15 is 0 Å². The van der Waals surface area contributed by atoms with Crippen LogP contribution in [0.1, 0.15) is 10.4 Å². The van der Waals surface area contributed by atoms with Crippen LogP contribution in [0.3, 0.4) is 0 Å². The molecule has 1 aromatic carbocycles. The zero-order valence-corrected chi connectivity index (χ0v) is 9.18. The monoisotopic (exact) mass is 243 g/mol. The molecule has 1 heterocycles. The molecule has 3 nitrogen and oxygen atoms in total. The quantitative estimate of drug-likeness (QED) is 0.750. The molecule has 5 heteroatoms. The number of nitrogens with zero attached hydrogens (tertiary/aromatic N) is 1. The van der Waals surface area contributed by atoms with Gasteiger partial charge in [-0.05, 0) is 18.2 Å². The maximum atomic E-state index is 11.8. The summed E-state index contributed by atoms with van der Waals surface area (Å²) < 4.78 is 5.06. The third kappa shape index (κ3) is 2.13. The Balaban J connectivity index is 2.29. The molecule has 0 saturated carbocycles. The van der Waals surface area contributed by atoms with E-state index in [9.17, 15) is 4.79 Å². The van der Waals surface area contributed by atoms with Gasteiger partial charge in [0.15, 0.2) is 0 Å². The zero-order valence-electron chi connectivity index (χ0n) is 7.67. The molecule has 1 aliphatic heterocycles. The summed E-state index contributed by atoms with van der Waals surface area (Å²) >= 11 is 11.5. The number of Topliss-reactive ketones (excluding diaryl/α,β-unsaturated/α-hetero) is 1. The van der Waals surface area contributed by atoms with E-state index in [1.165, 1.54) is 6.07 Å². The lowest BCUT2D eigenvalue weighted by atomic mass is 10.1. The molecule has 0 amide bonds. The van der Waals surface area contributed by atoms with Crippen LogP contribution < -0.4 is 0 Å². The first-order chi connectivity index (χ1) is 7.18. The van der Waals surface area contributed by atoms with Crippen molar-refractivity contribution in [1.82, 2.24) is 0 Å². The van der Waals surface area contributed by atoms with Crippen LogP contribution in [0.15, 0.2) is 23.2 Å². The molecule has 2 rings (SSSR count). The van der Waals surface area contributed by atoms with E-state index in [1.54, 1.807) is 12.1 Å². The minimum absolute atomic E-state index is 0.147. The van der Waals surface area contributed by atoms with Crippen molar-refractivity contribution >= 4 is 34.9 Å². The fourth-order valence-corrected chi connectivity index (χ4v) is 1.53. The van der Waals surface area contributed by atoms with Crippen LogP contribution in [0.25, 0.3) is 0 Å². The summed E-state index contributed by atoms with van der Waals surface area (Å²) in [5, 5.41) is 0.767. The van der Waals surface area contributed by atoms with Gasteiger partial charge in [-0.2, -0.15) is 0 Å². The second kappa shape index (κ2) is 4.21. The number of rotatable bonds is 2. The van der Waals surface area contributed by atoms with Gasteiger partial charge in [-0.1, -0.05) is 23.2 Å². The standard InChI is InChI=1S/C10H7Cl2NO2/c11-7-2-1-6(5-8(7)12)9(14)10-13-3-4-15-10/h1-2,5H,3-4H2. The maximum Gasteiger partial charge on any atom is 0.258 e. The van der Waals surface area contributed by atoms with Crippen LogP contribution in [0.4, 0.5) is 0 Å². The molecule has 0 aliphatic carbocycles. The summed E-state index contributed by atoms with van der Waals surface area (Å²) in [6, 6.07) is 4.68. The van der Waals surface area contributed by atoms with E-state index in [0.29, 0.717) is 28.8 Å². The third-order valence-electron chi connectivity index (χ3n) is 1.96. The third-order valence-corrected chi connectivity index (χ3v) is 2.70. The van der Waals surface area contributed by atoms with Crippen molar-refractivity contribution in [2.45, 2.75) is 0 Å². The van der Waals surface area contributed by atoms with Gasteiger partial charge in [-0.15, -0.1) is 0 Å². The molecular formula is C10H7Cl2NO2. The van der Waals surface area contributed by atoms with Gasteiger partial charge >= 0.3 is 0 Å². The molecular weight excluding hydrogens is 237 g/mol. The highest BCUT2D eigenvalue weighted by Gasteiger charge is 2.19. The average molecular weight is 244 g/mol. The van der Waals surface area contributed by atoms with Gasteiger partial charge in [0.2, 0.25) is 5.78 Å². The highest BCUT2D eigenvalue weighted by atomic mass is 35.5. The fourth-order valence-electron chi connectivity index (χ4n) is 1.23. The van der Waals surface area contributed by atoms with Crippen molar-refractivity contribution in [3.63, 3.8) is 0 Å². The molecule has 0 fully saturated rings. The zero-order chi connectivity index (χ0) is 10.8. The molecule has 78 valence electrons. The molecule has 0 atom stereocenters. The van der Waals surface area contributed by atoms with E-state index in [2.05, 4.69) is 4.99 Å². The summed E-state index contributed by atoms with van der Waals surface area (Å²) in [6.45, 7) is 0.991. The van der Waals surface area contributed by atoms with E-state index in [4.69, 9.17) is 27.9 Å². The molecule has 0 N–H and O–H groups in total. The molecule has 15 heavy (non-hydrogen) atoms. The van der Waals surface area contributed by atoms with Gasteiger partial charge in [0, 0.05) is 5.56 Å². The normalized spacial score (nSPS) is 14.7. The molecule has 1 aliphatic rings. The number of ether oxygens (including phenoxy) is 1. The van der Waals surface area contributed by atoms with Crippen molar-refractivity contribution in [1.29, 1.82) is 0 Å². The summed E-state index contributed by atoms with van der Waals surface area (Å²) in [5.41, 5.74) is 0.435. The summed E-state index contributed by atoms with van der Waals surface area (Å²) in [6.07, 6.45) is 0. The average Bonchev–Trinajstić information content (AvgIpc) is 2.74. The molecule has 0 spiro atoms. The number of ketones is 1. The Bertz CT molecular complexity index is 443. The van der Waals surface area contributed by atoms with E-state index in [0.717, 1.165) is 0 Å². The Hall–Kier alpha value is -1.06. The number of carbonyl (C=O) groups excluding carboxylic acids is 1. The summed E-state index contributed by atoms with van der Waals surface area (Å²) in [7, 11) is 0. The van der Waals surface area contributed by atoms with Gasteiger partial charge < -0.3 is 4.74 Å². The SMILES string of the molecule is O=C(C1=NCCO1)c1ccc(Cl)c(Cl)c1. The van der Waals surface area contributed by atoms with Crippen molar-refractivity contribution < 1.29 is 9.53 Å². The van der Waals surface area contributed by atoms with Crippen LogP contribution in [0, 0.1) is 0 Å². The van der Waals surface area contributed by atoms with Gasteiger partial charge in [-0.3, -0.25) is 4.79 Å². The molecule has 0 radical (unpaired) electrons. The fraction of sp³-hybridized carbons (Fsp3) is 0.200. The van der Waals surface area contributed by atoms with Crippen LogP contribution >= 0.6 is 23.2 Å². The van der Waals surface area contributed by atoms with E-state index in [-0.39, 0.29) is 11.7 Å². The first-order valence-corrected chi connectivity index (χ1v) is 5.11. The predicted molar refractivity (Wildman–Crippen MR) is 59.0 cm³/mol. The minimum atomic E-state index is -0.258. The summed E-state index contributed by atoms with van der Waals surface area (Å²) in [4.78, 5) is 15.7. The van der Waals surface area contributed by atoms with Gasteiger partial charge in [-0.25, -0.2) is 4.99 Å². The number of aliphatic imine (C=N–C) groups is 1. The second-order valence-corrected chi connectivity index (χ2v) is 3.81. The van der Waals surface area contributed by atoms with Crippen molar-refractivity contribution in [2.24, 2.45) is 4.99 Å². The molecule has 0 bridgehead atoms. The highest BCUT2D eigenvalue weighted by molar-refractivity contribution is 6.45. The van der Waals surface area contributed by atoms with Gasteiger partial charge in [0.05, 0.1) is 16.6 Å². The highest BCUT2D eigenvalue weighted by Crippen LogP contribution is 2.23. The predicted octanol–water partition coefficient (Wildman–Crippen LogP) is 2.60. The van der Waals surface area contributed by atoms with Crippen molar-refractivity contribution in [3.05, 3.63) is 33.8 Å². The Morgan fingerprint density at radius 3 is 2.73 bits per heavy atom. The lowest BCUT2D eigenvalue weighted by Crippen LogP contribution is -2.14. The van der Waals surface area contributed by atoms with Crippen LogP contribution in [-0.4, -0.2) is 24.8 Å². The summed E-state index contributed by atoms with van der Waals surface area (Å²) in [5.74, 6) is -0.112. The number of hydrogen-bond donors (Lipinski definition) is 0. The largest absolute Gasteiger partial charge is 0.473 e. The number of benzene rings is 1. The van der Waals surface area contributed by atoms with Gasteiger partial charge in [0.1, 0.15) is 6.61 Å². The first-order valence-electron chi connectivity index (χ1n) is 4.35. The van der Waals surface area contributed by atoms with Crippen LogP contribution in [-0.2, 0) is 4.74 Å². The van der Waals surface area contributed by atoms with Crippen LogP contribution in [0.2, 0.25) is 10.0 Å². The van der Waals surface area contributed by atoms with Crippen LogP contribution in [0.5, 0.6) is 0 Å². The minimum Gasteiger partial charge on any atom is -0.473 e. The Kier molecular flexibility index (Phi) is 2.93. The second-order valence-electron chi connectivity index (χ2n) is 2.99. The topological polar surface area (TPSA) is 38.7 Å². The van der Waals surface area contributed by atoms with E-state index < -0.39 is 0 Å². The number of halogens is 2. The Morgan fingerprint density at radius 1 is 1.33 bits per heavy atom. The lowest BCUT2D eigenvalue weighted by Gasteiger charge is -2.02. The molecule has 0 saturated heterocycles. The Morgan fingerprint density at radius 2 is 2.13 bits per heavy atom. The smallest absolute Gasteiger partial charge is 0.258 e. The van der Waals surface area contributed by atoms with Crippen molar-refractivity contribution in [2.75, 3.05) is 13.2 Å². The van der Waals surface area contributed by atoms with Crippen molar-refractivity contribution in [3.8, 4) is 0 Å². The maximum absolute atomic E-state index is 11.8. The van der Waals surface area contributed by atoms with Gasteiger partial charge in [0.25, 0.3) is 5.90 Å². The lowest BCUT2D eigenvalue weighted by molar-refractivity contribution is 0.103. The number of carbonyl (C=O) groups is 1. The first kappa shape index (κ1) is 10.5. The van der Waals surface area contributed by atoms with E-state index in [1.807, 2.05) is 0 Å². The molecule has 1 aromatic rings. The molecule has 0 aromatic heterocycles. The molecule has 0 unspecified atom stereocenters. The number of hydrogen-bond acceptors (Lipinski definition) is 3. The Labute approximate surface area is 96.7 Å².